The molecule has 1 aromatic heterocycles. The summed E-state index contributed by atoms with van der Waals surface area (Å²) in [5.41, 5.74) is 2.09. The largest absolute Gasteiger partial charge is 0.331 e. The zero-order valence-corrected chi connectivity index (χ0v) is 13.7. The molecule has 3 rings (SSSR count). The van der Waals surface area contributed by atoms with Crippen molar-refractivity contribution in [1.29, 1.82) is 0 Å². The van der Waals surface area contributed by atoms with Gasteiger partial charge in [-0.25, -0.2) is 4.98 Å². The summed E-state index contributed by atoms with van der Waals surface area (Å²) in [5, 5.41) is 4.26. The van der Waals surface area contributed by atoms with E-state index in [0.717, 1.165) is 20.8 Å². The zero-order chi connectivity index (χ0) is 12.5. The predicted octanol–water partition coefficient (Wildman–Crippen LogP) is 5.41. The summed E-state index contributed by atoms with van der Waals surface area (Å²) in [6, 6.07) is 14.4. The van der Waals surface area contributed by atoms with Crippen molar-refractivity contribution < 1.29 is 0 Å². The quantitative estimate of drug-likeness (QED) is 0.550. The molecule has 0 atom stereocenters. The van der Waals surface area contributed by atoms with Crippen molar-refractivity contribution in [3.05, 3.63) is 50.5 Å². The Labute approximate surface area is 131 Å². The minimum Gasteiger partial charge on any atom is -0.331 e. The van der Waals surface area contributed by atoms with E-state index >= 15 is 0 Å². The average molecular weight is 431 g/mol. The van der Waals surface area contributed by atoms with Gasteiger partial charge in [0.2, 0.25) is 0 Å². The molecule has 1 N–H and O–H groups in total. The Balaban J connectivity index is 1.95. The van der Waals surface area contributed by atoms with Crippen LogP contribution in [0.4, 0.5) is 10.8 Å². The van der Waals surface area contributed by atoms with Gasteiger partial charge in [0.1, 0.15) is 0 Å². The number of hydrogen-bond donors (Lipinski definition) is 1. The van der Waals surface area contributed by atoms with Crippen molar-refractivity contribution in [2.45, 2.75) is 0 Å². The number of rotatable bonds is 2. The second kappa shape index (κ2) is 5.14. The van der Waals surface area contributed by atoms with E-state index in [-0.39, 0.29) is 0 Å². The number of nitrogens with zero attached hydrogens (tertiary/aromatic N) is 1. The highest BCUT2D eigenvalue weighted by Gasteiger charge is 2.04. The number of thiazole rings is 1. The fraction of sp³-hybridized carbons (Fsp3) is 0. The Morgan fingerprint density at radius 1 is 1.17 bits per heavy atom. The van der Waals surface area contributed by atoms with Crippen LogP contribution in [-0.4, -0.2) is 4.98 Å². The van der Waals surface area contributed by atoms with Gasteiger partial charge in [0, 0.05) is 13.7 Å². The van der Waals surface area contributed by atoms with Crippen LogP contribution in [0.1, 0.15) is 0 Å². The standard InChI is InChI=1S/C13H8BrIN2S/c14-8-4-5-11-12(6-8)18-13(17-11)16-10-3-1-2-9(15)7-10/h1-7H,(H,16,17). The molecule has 0 saturated carbocycles. The zero-order valence-electron chi connectivity index (χ0n) is 9.15. The minimum atomic E-state index is 0.921. The van der Waals surface area contributed by atoms with Crippen molar-refractivity contribution in [3.63, 3.8) is 0 Å². The van der Waals surface area contributed by atoms with Gasteiger partial charge in [-0.15, -0.1) is 0 Å². The second-order valence-corrected chi connectivity index (χ2v) is 6.96. The third-order valence-corrected chi connectivity index (χ3v) is 4.52. The molecular formula is C13H8BrIN2S. The van der Waals surface area contributed by atoms with Crippen LogP contribution in [0.3, 0.4) is 0 Å². The van der Waals surface area contributed by atoms with Crippen molar-refractivity contribution in [2.75, 3.05) is 5.32 Å². The maximum Gasteiger partial charge on any atom is 0.188 e. The van der Waals surface area contributed by atoms with Crippen molar-refractivity contribution in [1.82, 2.24) is 4.98 Å². The van der Waals surface area contributed by atoms with Crippen molar-refractivity contribution in [2.24, 2.45) is 0 Å². The molecule has 0 bridgehead atoms. The summed E-state index contributed by atoms with van der Waals surface area (Å²) in [6.07, 6.45) is 0. The van der Waals surface area contributed by atoms with Crippen LogP contribution in [0.2, 0.25) is 0 Å². The highest BCUT2D eigenvalue weighted by molar-refractivity contribution is 14.1. The van der Waals surface area contributed by atoms with Crippen LogP contribution < -0.4 is 5.32 Å². The molecule has 0 aliphatic heterocycles. The molecule has 2 nitrogen and oxygen atoms in total. The van der Waals surface area contributed by atoms with Crippen LogP contribution in [0.25, 0.3) is 10.2 Å². The number of fused-ring (bicyclic) bond motifs is 1. The van der Waals surface area contributed by atoms with E-state index < -0.39 is 0 Å². The van der Waals surface area contributed by atoms with E-state index in [1.54, 1.807) is 11.3 Å². The number of anilines is 2. The van der Waals surface area contributed by atoms with Crippen molar-refractivity contribution >= 4 is 70.9 Å². The third-order valence-electron chi connectivity index (χ3n) is 2.43. The summed E-state index contributed by atoms with van der Waals surface area (Å²) in [6.45, 7) is 0. The summed E-state index contributed by atoms with van der Waals surface area (Å²) >= 11 is 7.44. The molecule has 3 aromatic rings. The topological polar surface area (TPSA) is 24.9 Å². The van der Waals surface area contributed by atoms with E-state index in [4.69, 9.17) is 0 Å². The summed E-state index contributed by atoms with van der Waals surface area (Å²) < 4.78 is 3.47. The average Bonchev–Trinajstić information content (AvgIpc) is 2.70. The Kier molecular flexibility index (Phi) is 3.54. The van der Waals surface area contributed by atoms with Gasteiger partial charge in [-0.2, -0.15) is 0 Å². The van der Waals surface area contributed by atoms with E-state index in [0.29, 0.717) is 0 Å². The molecule has 0 saturated heterocycles. The molecule has 2 aromatic carbocycles. The Morgan fingerprint density at radius 3 is 2.89 bits per heavy atom. The van der Waals surface area contributed by atoms with E-state index in [1.807, 2.05) is 24.3 Å². The first-order chi connectivity index (χ1) is 8.70. The summed E-state index contributed by atoms with van der Waals surface area (Å²) in [4.78, 5) is 4.56. The Bertz CT molecular complexity index is 711. The first kappa shape index (κ1) is 12.4. The van der Waals surface area contributed by atoms with Gasteiger partial charge < -0.3 is 5.32 Å². The molecule has 0 amide bonds. The van der Waals surface area contributed by atoms with Crippen molar-refractivity contribution in [3.8, 4) is 0 Å². The molecule has 18 heavy (non-hydrogen) atoms. The highest BCUT2D eigenvalue weighted by atomic mass is 127. The van der Waals surface area contributed by atoms with Crippen LogP contribution in [0, 0.1) is 3.57 Å². The molecule has 0 spiro atoms. The van der Waals surface area contributed by atoms with Gasteiger partial charge in [0.15, 0.2) is 5.13 Å². The monoisotopic (exact) mass is 430 g/mol. The van der Waals surface area contributed by atoms with Crippen LogP contribution in [0.5, 0.6) is 0 Å². The molecule has 0 aliphatic carbocycles. The Morgan fingerprint density at radius 2 is 2.06 bits per heavy atom. The lowest BCUT2D eigenvalue weighted by molar-refractivity contribution is 1.44. The minimum absolute atomic E-state index is 0.921. The van der Waals surface area contributed by atoms with Crippen LogP contribution in [0.15, 0.2) is 46.9 Å². The number of hydrogen-bond acceptors (Lipinski definition) is 3. The van der Waals surface area contributed by atoms with Crippen LogP contribution >= 0.6 is 49.9 Å². The van der Waals surface area contributed by atoms with Gasteiger partial charge in [0.25, 0.3) is 0 Å². The second-order valence-electron chi connectivity index (χ2n) is 3.77. The molecule has 5 heteroatoms. The van der Waals surface area contributed by atoms with Gasteiger partial charge in [-0.1, -0.05) is 33.3 Å². The van der Waals surface area contributed by atoms with Gasteiger partial charge in [0.05, 0.1) is 10.2 Å². The van der Waals surface area contributed by atoms with Gasteiger partial charge >= 0.3 is 0 Å². The number of halogens is 2. The van der Waals surface area contributed by atoms with E-state index in [9.17, 15) is 0 Å². The predicted molar refractivity (Wildman–Crippen MR) is 89.8 cm³/mol. The molecule has 0 fully saturated rings. The normalized spacial score (nSPS) is 10.8. The fourth-order valence-electron chi connectivity index (χ4n) is 1.64. The lowest BCUT2D eigenvalue weighted by Gasteiger charge is -2.01. The molecule has 1 heterocycles. The van der Waals surface area contributed by atoms with Gasteiger partial charge in [-0.3, -0.25) is 0 Å². The maximum atomic E-state index is 4.56. The number of benzene rings is 2. The highest BCUT2D eigenvalue weighted by Crippen LogP contribution is 2.30. The lowest BCUT2D eigenvalue weighted by Crippen LogP contribution is -1.88. The molecule has 0 unspecified atom stereocenters. The lowest BCUT2D eigenvalue weighted by atomic mass is 10.3. The van der Waals surface area contributed by atoms with E-state index in [2.05, 4.69) is 67.0 Å². The smallest absolute Gasteiger partial charge is 0.188 e. The first-order valence-corrected chi connectivity index (χ1v) is 7.98. The SMILES string of the molecule is Brc1ccc2nc(Nc3cccc(I)c3)sc2c1. The summed E-state index contributed by atoms with van der Waals surface area (Å²) in [5.74, 6) is 0. The third kappa shape index (κ3) is 2.67. The first-order valence-electron chi connectivity index (χ1n) is 5.29. The molecule has 0 radical (unpaired) electrons. The van der Waals surface area contributed by atoms with Gasteiger partial charge in [-0.05, 0) is 59.0 Å². The molecular weight excluding hydrogens is 423 g/mol. The maximum absolute atomic E-state index is 4.56. The van der Waals surface area contributed by atoms with Crippen LogP contribution in [-0.2, 0) is 0 Å². The summed E-state index contributed by atoms with van der Waals surface area (Å²) in [7, 11) is 0. The number of nitrogens with one attached hydrogen (secondary N) is 1. The fourth-order valence-corrected chi connectivity index (χ4v) is 3.62. The van der Waals surface area contributed by atoms with E-state index in [1.165, 1.54) is 8.27 Å². The molecule has 90 valence electrons. The molecule has 0 aliphatic rings. The Hall–Kier alpha value is -0.660. The number of aromatic nitrogens is 1.